The summed E-state index contributed by atoms with van der Waals surface area (Å²) in [5.74, 6) is -1.24. The van der Waals surface area contributed by atoms with Gasteiger partial charge in [0, 0.05) is 6.54 Å². The molecule has 1 atom stereocenters. The summed E-state index contributed by atoms with van der Waals surface area (Å²) in [6, 6.07) is -1.79. The highest BCUT2D eigenvalue weighted by Gasteiger charge is 2.17. The van der Waals surface area contributed by atoms with E-state index in [0.29, 0.717) is 6.54 Å². The van der Waals surface area contributed by atoms with Gasteiger partial charge in [-0.25, -0.2) is 9.59 Å². The number of carbonyl (C=O) groups is 2. The predicted molar refractivity (Wildman–Crippen MR) is 68.4 cm³/mol. The summed E-state index contributed by atoms with van der Waals surface area (Å²) in [5, 5.41) is 22.1. The third-order valence-corrected chi connectivity index (χ3v) is 2.60. The smallest absolute Gasteiger partial charge is 0.328 e. The maximum Gasteiger partial charge on any atom is 0.328 e. The molecule has 0 aliphatic carbocycles. The number of aliphatic hydroxyl groups is 1. The van der Waals surface area contributed by atoms with Gasteiger partial charge in [-0.1, -0.05) is 39.0 Å². The lowest BCUT2D eigenvalue weighted by Crippen LogP contribution is -2.48. The Morgan fingerprint density at radius 3 is 2.28 bits per heavy atom. The third kappa shape index (κ3) is 8.81. The molecule has 106 valence electrons. The van der Waals surface area contributed by atoms with Gasteiger partial charge in [0.15, 0.2) is 6.04 Å². The van der Waals surface area contributed by atoms with Gasteiger partial charge >= 0.3 is 12.0 Å². The number of aliphatic hydroxyl groups excluding tert-OH is 1. The van der Waals surface area contributed by atoms with Crippen LogP contribution in [0.5, 0.6) is 0 Å². The maximum absolute atomic E-state index is 11.3. The van der Waals surface area contributed by atoms with Gasteiger partial charge in [0.05, 0.1) is 6.61 Å². The molecular weight excluding hydrogens is 236 g/mol. The normalized spacial score (nSPS) is 11.9. The average Bonchev–Trinajstić information content (AvgIpc) is 2.34. The molecule has 0 spiro atoms. The third-order valence-electron chi connectivity index (χ3n) is 2.60. The zero-order valence-corrected chi connectivity index (χ0v) is 10.9. The van der Waals surface area contributed by atoms with Gasteiger partial charge in [-0.3, -0.25) is 0 Å². The van der Waals surface area contributed by atoms with Gasteiger partial charge in [-0.2, -0.15) is 0 Å². The molecule has 0 radical (unpaired) electrons. The number of amides is 2. The summed E-state index contributed by atoms with van der Waals surface area (Å²) in [7, 11) is 0. The highest BCUT2D eigenvalue weighted by Crippen LogP contribution is 2.03. The molecule has 0 saturated carbocycles. The zero-order chi connectivity index (χ0) is 13.8. The van der Waals surface area contributed by atoms with E-state index in [1.807, 2.05) is 0 Å². The number of aliphatic carboxylic acids is 1. The molecule has 0 saturated heterocycles. The number of carboxylic acid groups (broad SMARTS) is 1. The Balaban J connectivity index is 3.50. The lowest BCUT2D eigenvalue weighted by Gasteiger charge is -2.12. The van der Waals surface area contributed by atoms with Crippen molar-refractivity contribution in [2.45, 2.75) is 51.5 Å². The largest absolute Gasteiger partial charge is 0.480 e. The summed E-state index contributed by atoms with van der Waals surface area (Å²) in [6.07, 6.45) is 6.76. The van der Waals surface area contributed by atoms with Gasteiger partial charge < -0.3 is 20.8 Å². The molecule has 2 amide bonds. The van der Waals surface area contributed by atoms with Crippen molar-refractivity contribution in [1.29, 1.82) is 0 Å². The lowest BCUT2D eigenvalue weighted by molar-refractivity contribution is -0.140. The van der Waals surface area contributed by atoms with Gasteiger partial charge in [0.2, 0.25) is 0 Å². The average molecular weight is 260 g/mol. The molecule has 0 aliphatic heterocycles. The van der Waals surface area contributed by atoms with Crippen molar-refractivity contribution in [2.75, 3.05) is 13.2 Å². The van der Waals surface area contributed by atoms with Crippen LogP contribution in [0.25, 0.3) is 0 Å². The van der Waals surface area contributed by atoms with Crippen molar-refractivity contribution in [3.8, 4) is 0 Å². The first-order valence-corrected chi connectivity index (χ1v) is 6.49. The molecule has 0 aromatic rings. The van der Waals surface area contributed by atoms with Crippen LogP contribution < -0.4 is 10.6 Å². The van der Waals surface area contributed by atoms with E-state index < -0.39 is 24.6 Å². The highest BCUT2D eigenvalue weighted by atomic mass is 16.4. The molecule has 0 rings (SSSR count). The SMILES string of the molecule is CCCCCCCCNC(=O)N[C@H](CO)C(=O)O. The van der Waals surface area contributed by atoms with Gasteiger partial charge in [0.1, 0.15) is 0 Å². The molecule has 0 unspecified atom stereocenters. The second-order valence-corrected chi connectivity index (χ2v) is 4.24. The molecule has 0 bridgehead atoms. The molecule has 6 nitrogen and oxygen atoms in total. The van der Waals surface area contributed by atoms with E-state index in [1.54, 1.807) is 0 Å². The Morgan fingerprint density at radius 2 is 1.72 bits per heavy atom. The summed E-state index contributed by atoms with van der Waals surface area (Å²) in [4.78, 5) is 21.8. The van der Waals surface area contributed by atoms with Crippen LogP contribution in [0, 0.1) is 0 Å². The van der Waals surface area contributed by atoms with Gasteiger partial charge in [-0.15, -0.1) is 0 Å². The second kappa shape index (κ2) is 10.8. The minimum absolute atomic E-state index is 0.524. The standard InChI is InChI=1S/C12H24N2O4/c1-2-3-4-5-6-7-8-13-12(18)14-10(9-15)11(16)17/h10,15H,2-9H2,1H3,(H,16,17)(H2,13,14,18)/t10-/m1/s1. The topological polar surface area (TPSA) is 98.7 Å². The first-order chi connectivity index (χ1) is 8.61. The molecule has 0 fully saturated rings. The molecule has 0 heterocycles. The number of unbranched alkanes of at least 4 members (excludes halogenated alkanes) is 5. The Morgan fingerprint density at radius 1 is 1.11 bits per heavy atom. The van der Waals surface area contributed by atoms with Crippen molar-refractivity contribution < 1.29 is 19.8 Å². The quantitative estimate of drug-likeness (QED) is 0.442. The number of carboxylic acids is 1. The van der Waals surface area contributed by atoms with Crippen LogP contribution in [0.1, 0.15) is 45.4 Å². The summed E-state index contributed by atoms with van der Waals surface area (Å²) >= 11 is 0. The van der Waals surface area contributed by atoms with E-state index in [9.17, 15) is 9.59 Å². The summed E-state index contributed by atoms with van der Waals surface area (Å²) in [5.41, 5.74) is 0. The first-order valence-electron chi connectivity index (χ1n) is 6.49. The van der Waals surface area contributed by atoms with Crippen LogP contribution in [0.4, 0.5) is 4.79 Å². The predicted octanol–water partition coefficient (Wildman–Crippen LogP) is 1.09. The van der Waals surface area contributed by atoms with Crippen molar-refractivity contribution in [1.82, 2.24) is 10.6 Å². The number of hydrogen-bond acceptors (Lipinski definition) is 3. The Labute approximate surface area is 108 Å². The molecule has 6 heteroatoms. The van der Waals surface area contributed by atoms with Crippen LogP contribution in [0.3, 0.4) is 0 Å². The zero-order valence-electron chi connectivity index (χ0n) is 10.9. The van der Waals surface area contributed by atoms with Crippen molar-refractivity contribution in [3.63, 3.8) is 0 Å². The number of carbonyl (C=O) groups excluding carboxylic acids is 1. The molecule has 0 aromatic heterocycles. The molecule has 18 heavy (non-hydrogen) atoms. The van der Waals surface area contributed by atoms with Gasteiger partial charge in [0.25, 0.3) is 0 Å². The second-order valence-electron chi connectivity index (χ2n) is 4.24. The first kappa shape index (κ1) is 16.7. The molecular formula is C12H24N2O4. The number of rotatable bonds is 10. The maximum atomic E-state index is 11.3. The molecule has 0 aromatic carbocycles. The summed E-state index contributed by atoms with van der Waals surface area (Å²) < 4.78 is 0. The fraction of sp³-hybridized carbons (Fsp3) is 0.833. The van der Waals surface area contributed by atoms with Crippen LogP contribution >= 0.6 is 0 Å². The van der Waals surface area contributed by atoms with E-state index in [-0.39, 0.29) is 0 Å². The lowest BCUT2D eigenvalue weighted by atomic mass is 10.1. The van der Waals surface area contributed by atoms with E-state index in [0.717, 1.165) is 19.3 Å². The molecule has 4 N–H and O–H groups in total. The van der Waals surface area contributed by atoms with E-state index >= 15 is 0 Å². The summed E-state index contributed by atoms with van der Waals surface area (Å²) in [6.45, 7) is 2.07. The minimum Gasteiger partial charge on any atom is -0.480 e. The fourth-order valence-corrected chi connectivity index (χ4v) is 1.50. The van der Waals surface area contributed by atoms with Crippen LogP contribution in [-0.2, 0) is 4.79 Å². The van der Waals surface area contributed by atoms with Crippen molar-refractivity contribution in [2.24, 2.45) is 0 Å². The fourth-order valence-electron chi connectivity index (χ4n) is 1.50. The van der Waals surface area contributed by atoms with Crippen LogP contribution in [0.15, 0.2) is 0 Å². The monoisotopic (exact) mass is 260 g/mol. The van der Waals surface area contributed by atoms with Crippen molar-refractivity contribution in [3.05, 3.63) is 0 Å². The Bertz CT molecular complexity index is 246. The van der Waals surface area contributed by atoms with Crippen molar-refractivity contribution >= 4 is 12.0 Å². The Hall–Kier alpha value is -1.30. The van der Waals surface area contributed by atoms with E-state index in [1.165, 1.54) is 19.3 Å². The van der Waals surface area contributed by atoms with Crippen LogP contribution in [0.2, 0.25) is 0 Å². The van der Waals surface area contributed by atoms with Gasteiger partial charge in [-0.05, 0) is 6.42 Å². The number of hydrogen-bond donors (Lipinski definition) is 4. The molecule has 0 aliphatic rings. The minimum atomic E-state index is -1.24. The Kier molecular flexibility index (Phi) is 10.0. The van der Waals surface area contributed by atoms with Crippen LogP contribution in [-0.4, -0.2) is 41.4 Å². The van der Waals surface area contributed by atoms with E-state index in [2.05, 4.69) is 17.6 Å². The van der Waals surface area contributed by atoms with E-state index in [4.69, 9.17) is 10.2 Å². The number of nitrogens with one attached hydrogen (secondary N) is 2. The highest BCUT2D eigenvalue weighted by molar-refractivity contribution is 5.82. The number of urea groups is 1.